The third-order valence-corrected chi connectivity index (χ3v) is 8.35. The van der Waals surface area contributed by atoms with Crippen molar-refractivity contribution < 1.29 is 19.8 Å². The maximum absolute atomic E-state index is 13.4. The maximum atomic E-state index is 13.4. The van der Waals surface area contributed by atoms with Gasteiger partial charge in [0.05, 0.1) is 23.2 Å². The van der Waals surface area contributed by atoms with Gasteiger partial charge >= 0.3 is 0 Å². The summed E-state index contributed by atoms with van der Waals surface area (Å²) in [5.41, 5.74) is 3.36. The van der Waals surface area contributed by atoms with E-state index >= 15 is 0 Å². The molecule has 0 bridgehead atoms. The Kier molecular flexibility index (Phi) is 12.4. The Morgan fingerprint density at radius 3 is 1.45 bits per heavy atom. The van der Waals surface area contributed by atoms with Gasteiger partial charge in [-0.05, 0) is 115 Å². The van der Waals surface area contributed by atoms with Crippen molar-refractivity contribution in [1.29, 1.82) is 0 Å². The Hall–Kier alpha value is -3.16. The first-order chi connectivity index (χ1) is 20.3. The fourth-order valence-electron chi connectivity index (χ4n) is 6.34. The van der Waals surface area contributed by atoms with Gasteiger partial charge in [0.25, 0.3) is 11.8 Å². The number of carbonyl (C=O) groups is 2. The molecule has 0 heterocycles. The molecule has 0 aromatic carbocycles. The molecule has 0 aromatic rings. The van der Waals surface area contributed by atoms with E-state index in [0.717, 1.165) is 35.4 Å². The normalized spacial score (nSPS) is 21.3. The molecule has 2 rings (SSSR count). The van der Waals surface area contributed by atoms with Crippen molar-refractivity contribution in [3.63, 3.8) is 0 Å². The third-order valence-electron chi connectivity index (χ3n) is 8.35. The Morgan fingerprint density at radius 1 is 0.727 bits per heavy atom. The molecular weight excluding hydrogens is 552 g/mol. The van der Waals surface area contributed by atoms with E-state index in [4.69, 9.17) is 9.98 Å². The fourth-order valence-corrected chi connectivity index (χ4v) is 6.34. The van der Waals surface area contributed by atoms with E-state index in [1.807, 2.05) is 39.8 Å². The van der Waals surface area contributed by atoms with Crippen LogP contribution in [0.15, 0.2) is 55.9 Å². The molecule has 2 amide bonds. The minimum absolute atomic E-state index is 0.0318. The highest BCUT2D eigenvalue weighted by Gasteiger charge is 2.34. The van der Waals surface area contributed by atoms with Gasteiger partial charge in [-0.15, -0.1) is 0 Å². The van der Waals surface area contributed by atoms with Crippen LogP contribution >= 0.6 is 0 Å². The minimum atomic E-state index is -0.531. The molecule has 0 saturated heterocycles. The standard InChI is InChI=1S/C36H58N4O4/c1-13-39(14-2)32(43)30(24(5)41)26-17-28(21-34(7,8)19-26)37-23-36(11,12)38-29-18-27(20-35(9,10)22-29)31(25(6)42)33(44)40(15-3)16-4/h17-18,41-42H,13-16,19-23H2,1-12H3/b30-24+,31-25+,37-28?,38-29?. The van der Waals surface area contributed by atoms with Crippen LogP contribution in [0.5, 0.6) is 0 Å². The number of allylic oxidation sites excluding steroid dienone is 4. The number of aliphatic hydroxyl groups is 2. The van der Waals surface area contributed by atoms with Crippen LogP contribution in [-0.2, 0) is 9.59 Å². The summed E-state index contributed by atoms with van der Waals surface area (Å²) in [4.78, 5) is 40.3. The van der Waals surface area contributed by atoms with Gasteiger partial charge in [0.15, 0.2) is 0 Å². The molecule has 2 N–H and O–H groups in total. The molecule has 2 aliphatic carbocycles. The number of carbonyl (C=O) groups excluding carboxylic acids is 2. The lowest BCUT2D eigenvalue weighted by Crippen LogP contribution is -2.35. The third kappa shape index (κ3) is 9.67. The lowest BCUT2D eigenvalue weighted by atomic mass is 9.74. The van der Waals surface area contributed by atoms with Crippen LogP contribution in [0.1, 0.15) is 109 Å². The highest BCUT2D eigenvalue weighted by atomic mass is 16.3. The molecular formula is C36H58N4O4. The number of hydrogen-bond donors (Lipinski definition) is 2. The molecule has 44 heavy (non-hydrogen) atoms. The average Bonchev–Trinajstić information content (AvgIpc) is 2.86. The zero-order chi connectivity index (χ0) is 33.6. The van der Waals surface area contributed by atoms with Crippen molar-refractivity contribution in [3.05, 3.63) is 46.0 Å². The van der Waals surface area contributed by atoms with Crippen molar-refractivity contribution >= 4 is 23.2 Å². The first-order valence-corrected chi connectivity index (χ1v) is 16.2. The summed E-state index contributed by atoms with van der Waals surface area (Å²) >= 11 is 0. The van der Waals surface area contributed by atoms with E-state index in [2.05, 4.69) is 41.5 Å². The second-order valence-electron chi connectivity index (χ2n) is 14.5. The van der Waals surface area contributed by atoms with Gasteiger partial charge in [-0.2, -0.15) is 0 Å². The predicted octanol–water partition coefficient (Wildman–Crippen LogP) is 7.54. The molecule has 246 valence electrons. The first kappa shape index (κ1) is 37.0. The number of aliphatic hydroxyl groups excluding tert-OH is 2. The number of likely N-dealkylation sites (N-methyl/N-ethyl adjacent to an activating group) is 2. The highest BCUT2D eigenvalue weighted by molar-refractivity contribution is 6.05. The summed E-state index contributed by atoms with van der Waals surface area (Å²) in [5.74, 6) is -0.245. The smallest absolute Gasteiger partial charge is 0.257 e. The summed E-state index contributed by atoms with van der Waals surface area (Å²) in [6.45, 7) is 26.4. The predicted molar refractivity (Wildman–Crippen MR) is 183 cm³/mol. The van der Waals surface area contributed by atoms with Crippen molar-refractivity contribution in [2.24, 2.45) is 20.8 Å². The summed E-state index contributed by atoms with van der Waals surface area (Å²) < 4.78 is 0. The van der Waals surface area contributed by atoms with E-state index in [1.165, 1.54) is 0 Å². The molecule has 8 heteroatoms. The molecule has 2 aliphatic rings. The van der Waals surface area contributed by atoms with Gasteiger partial charge in [0, 0.05) is 37.6 Å². The van der Waals surface area contributed by atoms with Crippen molar-refractivity contribution in [2.75, 3.05) is 32.7 Å². The molecule has 8 nitrogen and oxygen atoms in total. The van der Waals surface area contributed by atoms with Crippen LogP contribution in [0.4, 0.5) is 0 Å². The number of nitrogens with zero attached hydrogens (tertiary/aromatic N) is 4. The van der Waals surface area contributed by atoms with Gasteiger partial charge in [-0.1, -0.05) is 27.7 Å². The topological polar surface area (TPSA) is 106 Å². The summed E-state index contributed by atoms with van der Waals surface area (Å²) in [6.07, 6.45) is 6.82. The Bertz CT molecular complexity index is 1270. The van der Waals surface area contributed by atoms with Crippen LogP contribution in [0.2, 0.25) is 0 Å². The Morgan fingerprint density at radius 2 is 1.09 bits per heavy atom. The summed E-state index contributed by atoms with van der Waals surface area (Å²) in [6, 6.07) is 0. The van der Waals surface area contributed by atoms with Crippen molar-refractivity contribution in [2.45, 2.75) is 114 Å². The van der Waals surface area contributed by atoms with Crippen LogP contribution in [0, 0.1) is 10.8 Å². The van der Waals surface area contributed by atoms with Gasteiger partial charge in [-0.3, -0.25) is 19.6 Å². The van der Waals surface area contributed by atoms with E-state index < -0.39 is 5.54 Å². The number of rotatable bonds is 11. The van der Waals surface area contributed by atoms with Gasteiger partial charge < -0.3 is 20.0 Å². The van der Waals surface area contributed by atoms with Gasteiger partial charge in [-0.25, -0.2) is 0 Å². The molecule has 0 saturated carbocycles. The lowest BCUT2D eigenvalue weighted by Gasteiger charge is -2.34. The first-order valence-electron chi connectivity index (χ1n) is 16.2. The second kappa shape index (κ2) is 14.7. The molecule has 0 aromatic heterocycles. The van der Waals surface area contributed by atoms with E-state index in [0.29, 0.717) is 56.7 Å². The van der Waals surface area contributed by atoms with Crippen LogP contribution in [0.3, 0.4) is 0 Å². The zero-order valence-corrected chi connectivity index (χ0v) is 29.5. The van der Waals surface area contributed by atoms with E-state index in [-0.39, 0.29) is 34.2 Å². The number of aliphatic imine (C=N–C) groups is 2. The molecule has 0 radical (unpaired) electrons. The fraction of sp³-hybridized carbons (Fsp3) is 0.667. The van der Waals surface area contributed by atoms with Crippen molar-refractivity contribution in [1.82, 2.24) is 9.80 Å². The van der Waals surface area contributed by atoms with Crippen LogP contribution in [0.25, 0.3) is 0 Å². The Balaban J connectivity index is 2.50. The number of amides is 2. The minimum Gasteiger partial charge on any atom is -0.512 e. The largest absolute Gasteiger partial charge is 0.512 e. The quantitative estimate of drug-likeness (QED) is 0.186. The van der Waals surface area contributed by atoms with E-state index in [1.54, 1.807) is 23.6 Å². The van der Waals surface area contributed by atoms with Gasteiger partial charge in [0.2, 0.25) is 0 Å². The summed E-state index contributed by atoms with van der Waals surface area (Å²) in [7, 11) is 0. The second-order valence-corrected chi connectivity index (χ2v) is 14.5. The van der Waals surface area contributed by atoms with E-state index in [9.17, 15) is 19.8 Å². The molecule has 0 atom stereocenters. The molecule has 0 spiro atoms. The van der Waals surface area contributed by atoms with Crippen LogP contribution < -0.4 is 0 Å². The maximum Gasteiger partial charge on any atom is 0.257 e. The zero-order valence-electron chi connectivity index (χ0n) is 29.5. The molecule has 0 fully saturated rings. The average molecular weight is 611 g/mol. The van der Waals surface area contributed by atoms with Gasteiger partial charge in [0.1, 0.15) is 11.5 Å². The number of hydrogen-bond acceptors (Lipinski definition) is 6. The van der Waals surface area contributed by atoms with Crippen molar-refractivity contribution in [3.8, 4) is 0 Å². The lowest BCUT2D eigenvalue weighted by molar-refractivity contribution is -0.127. The van der Waals surface area contributed by atoms with Crippen LogP contribution in [-0.4, -0.2) is 81.5 Å². The highest BCUT2D eigenvalue weighted by Crippen LogP contribution is 2.40. The monoisotopic (exact) mass is 610 g/mol. The Labute approximate surface area is 266 Å². The molecule has 0 unspecified atom stereocenters. The molecule has 0 aliphatic heterocycles. The SMILES string of the molecule is CCN(CC)C(=O)/C(C1=CC(=NCC(C)(C)N=C2C=C(/C(C(=O)N(CC)CC)=C(/C)O)CC(C)(C)C2)CC(C)(C)C1)=C(\C)O. The summed E-state index contributed by atoms with van der Waals surface area (Å²) in [5, 5.41) is 21.2.